The number of hydrogen-bond donors (Lipinski definition) is 0. The van der Waals surface area contributed by atoms with Gasteiger partial charge in [-0.1, -0.05) is 29.4 Å². The molecule has 0 saturated heterocycles. The van der Waals surface area contributed by atoms with Crippen LogP contribution in [-0.4, -0.2) is 25.1 Å². The van der Waals surface area contributed by atoms with E-state index in [9.17, 15) is 10.1 Å². The Bertz CT molecular complexity index is 588. The number of aryl methyl sites for hydroxylation is 1. The van der Waals surface area contributed by atoms with Crippen LogP contribution in [0.1, 0.15) is 5.56 Å². The standard InChI is InChI=1S/C9H8ClN5O2S/c1-14-9(11-12-13-14)18-5-6-2-3-7(10)8(4-6)15(16)17/h2-4H,5H2,1H3. The second kappa shape index (κ2) is 5.32. The Labute approximate surface area is 111 Å². The monoisotopic (exact) mass is 285 g/mol. The molecule has 0 bridgehead atoms. The van der Waals surface area contributed by atoms with Crippen LogP contribution in [0.25, 0.3) is 0 Å². The van der Waals surface area contributed by atoms with Crippen molar-refractivity contribution in [3.63, 3.8) is 0 Å². The number of rotatable bonds is 4. The maximum Gasteiger partial charge on any atom is 0.288 e. The number of benzene rings is 1. The Kier molecular flexibility index (Phi) is 3.78. The smallest absolute Gasteiger partial charge is 0.258 e. The largest absolute Gasteiger partial charge is 0.288 e. The highest BCUT2D eigenvalue weighted by molar-refractivity contribution is 7.98. The van der Waals surface area contributed by atoms with Gasteiger partial charge in [0.1, 0.15) is 5.02 Å². The van der Waals surface area contributed by atoms with Gasteiger partial charge in [0.15, 0.2) is 0 Å². The summed E-state index contributed by atoms with van der Waals surface area (Å²) in [5.41, 5.74) is 0.699. The number of halogens is 1. The van der Waals surface area contributed by atoms with Crippen LogP contribution < -0.4 is 0 Å². The molecule has 0 fully saturated rings. The Morgan fingerprint density at radius 2 is 2.33 bits per heavy atom. The lowest BCUT2D eigenvalue weighted by molar-refractivity contribution is -0.384. The van der Waals surface area contributed by atoms with Gasteiger partial charge in [0.2, 0.25) is 5.16 Å². The van der Waals surface area contributed by atoms with Crippen LogP contribution in [0.5, 0.6) is 0 Å². The third-order valence-electron chi connectivity index (χ3n) is 2.16. The summed E-state index contributed by atoms with van der Waals surface area (Å²) in [4.78, 5) is 10.2. The van der Waals surface area contributed by atoms with Crippen molar-refractivity contribution in [1.29, 1.82) is 0 Å². The predicted octanol–water partition coefficient (Wildman–Crippen LogP) is 2.06. The average molecular weight is 286 g/mol. The molecule has 0 unspecified atom stereocenters. The van der Waals surface area contributed by atoms with Crippen molar-refractivity contribution in [2.24, 2.45) is 7.05 Å². The lowest BCUT2D eigenvalue weighted by atomic mass is 10.2. The van der Waals surface area contributed by atoms with E-state index in [1.807, 2.05) is 0 Å². The summed E-state index contributed by atoms with van der Waals surface area (Å²) in [5.74, 6) is 0.534. The van der Waals surface area contributed by atoms with Gasteiger partial charge in [-0.15, -0.1) is 5.10 Å². The topological polar surface area (TPSA) is 86.7 Å². The Balaban J connectivity index is 2.13. The molecule has 1 aromatic carbocycles. The summed E-state index contributed by atoms with van der Waals surface area (Å²) in [6.45, 7) is 0. The highest BCUT2D eigenvalue weighted by Gasteiger charge is 2.13. The van der Waals surface area contributed by atoms with E-state index in [2.05, 4.69) is 15.5 Å². The number of tetrazole rings is 1. The van der Waals surface area contributed by atoms with Gasteiger partial charge < -0.3 is 0 Å². The first kappa shape index (κ1) is 12.8. The van der Waals surface area contributed by atoms with Crippen molar-refractivity contribution in [1.82, 2.24) is 20.2 Å². The van der Waals surface area contributed by atoms with E-state index in [0.717, 1.165) is 5.56 Å². The molecule has 94 valence electrons. The minimum Gasteiger partial charge on any atom is -0.258 e. The van der Waals surface area contributed by atoms with Gasteiger partial charge in [0.05, 0.1) is 4.92 Å². The Hall–Kier alpha value is -1.67. The minimum absolute atomic E-state index is 0.0918. The summed E-state index contributed by atoms with van der Waals surface area (Å²) in [7, 11) is 1.73. The quantitative estimate of drug-likeness (QED) is 0.485. The molecule has 9 heteroatoms. The molecule has 0 N–H and O–H groups in total. The fourth-order valence-corrected chi connectivity index (χ4v) is 2.26. The van der Waals surface area contributed by atoms with Crippen molar-refractivity contribution in [3.8, 4) is 0 Å². The SMILES string of the molecule is Cn1nnnc1SCc1ccc(Cl)c([N+](=O)[O-])c1. The number of nitro groups is 1. The fraction of sp³-hybridized carbons (Fsp3) is 0.222. The van der Waals surface area contributed by atoms with Crippen molar-refractivity contribution in [2.45, 2.75) is 10.9 Å². The number of aromatic nitrogens is 4. The molecule has 1 heterocycles. The van der Waals surface area contributed by atoms with Gasteiger partial charge in [-0.05, 0) is 22.1 Å². The van der Waals surface area contributed by atoms with Crippen LogP contribution >= 0.6 is 23.4 Å². The van der Waals surface area contributed by atoms with E-state index < -0.39 is 4.92 Å². The van der Waals surface area contributed by atoms with Crippen LogP contribution in [0.15, 0.2) is 23.4 Å². The third kappa shape index (κ3) is 2.77. The van der Waals surface area contributed by atoms with Crippen LogP contribution in [0.2, 0.25) is 5.02 Å². The van der Waals surface area contributed by atoms with Gasteiger partial charge in [-0.25, -0.2) is 4.68 Å². The maximum atomic E-state index is 10.7. The number of thioether (sulfide) groups is 1. The molecule has 7 nitrogen and oxygen atoms in total. The van der Waals surface area contributed by atoms with Crippen molar-refractivity contribution in [2.75, 3.05) is 0 Å². The highest BCUT2D eigenvalue weighted by Crippen LogP contribution is 2.28. The molecule has 0 saturated carbocycles. The summed E-state index contributed by atoms with van der Waals surface area (Å²) in [6.07, 6.45) is 0. The molecular formula is C9H8ClN5O2S. The molecule has 0 aliphatic rings. The molecule has 1 aromatic heterocycles. The first-order valence-electron chi connectivity index (χ1n) is 4.86. The van der Waals surface area contributed by atoms with E-state index in [0.29, 0.717) is 10.9 Å². The van der Waals surface area contributed by atoms with E-state index >= 15 is 0 Å². The minimum atomic E-state index is -0.500. The maximum absolute atomic E-state index is 10.7. The molecule has 18 heavy (non-hydrogen) atoms. The highest BCUT2D eigenvalue weighted by atomic mass is 35.5. The molecule has 0 radical (unpaired) electrons. The zero-order valence-corrected chi connectivity index (χ0v) is 10.9. The van der Waals surface area contributed by atoms with Crippen LogP contribution in [-0.2, 0) is 12.8 Å². The van der Waals surface area contributed by atoms with Crippen molar-refractivity contribution in [3.05, 3.63) is 38.9 Å². The summed E-state index contributed by atoms with van der Waals surface area (Å²) < 4.78 is 1.54. The van der Waals surface area contributed by atoms with E-state index in [-0.39, 0.29) is 10.7 Å². The first-order valence-corrected chi connectivity index (χ1v) is 6.22. The number of nitro benzene ring substituents is 1. The third-order valence-corrected chi connectivity index (χ3v) is 3.56. The molecule has 0 aliphatic heterocycles. The molecular weight excluding hydrogens is 278 g/mol. The second-order valence-electron chi connectivity index (χ2n) is 3.42. The van der Waals surface area contributed by atoms with Crippen molar-refractivity contribution >= 4 is 29.1 Å². The van der Waals surface area contributed by atoms with Crippen LogP contribution in [0.4, 0.5) is 5.69 Å². The van der Waals surface area contributed by atoms with Gasteiger partial charge >= 0.3 is 0 Å². The van der Waals surface area contributed by atoms with Crippen LogP contribution in [0, 0.1) is 10.1 Å². The first-order chi connectivity index (χ1) is 8.58. The summed E-state index contributed by atoms with van der Waals surface area (Å²) in [5, 5.41) is 22.5. The Morgan fingerprint density at radius 3 is 2.94 bits per heavy atom. The molecule has 0 amide bonds. The normalized spacial score (nSPS) is 10.6. The van der Waals surface area contributed by atoms with E-state index in [1.165, 1.54) is 28.6 Å². The molecule has 2 rings (SSSR count). The number of hydrogen-bond acceptors (Lipinski definition) is 6. The van der Waals surface area contributed by atoms with E-state index in [1.54, 1.807) is 13.1 Å². The molecule has 2 aromatic rings. The second-order valence-corrected chi connectivity index (χ2v) is 4.77. The zero-order valence-electron chi connectivity index (χ0n) is 9.28. The molecule has 0 spiro atoms. The lowest BCUT2D eigenvalue weighted by Crippen LogP contribution is -1.94. The van der Waals surface area contributed by atoms with Gasteiger partial charge in [-0.2, -0.15) is 0 Å². The molecule has 0 atom stereocenters. The summed E-state index contributed by atoms with van der Waals surface area (Å²) in [6, 6.07) is 4.72. The average Bonchev–Trinajstić information content (AvgIpc) is 2.73. The Morgan fingerprint density at radius 1 is 1.56 bits per heavy atom. The molecule has 0 aliphatic carbocycles. The van der Waals surface area contributed by atoms with Gasteiger partial charge in [-0.3, -0.25) is 10.1 Å². The van der Waals surface area contributed by atoms with E-state index in [4.69, 9.17) is 11.6 Å². The fourth-order valence-electron chi connectivity index (χ4n) is 1.28. The summed E-state index contributed by atoms with van der Waals surface area (Å²) >= 11 is 7.13. The van der Waals surface area contributed by atoms with Gasteiger partial charge in [0.25, 0.3) is 5.69 Å². The zero-order chi connectivity index (χ0) is 13.1. The van der Waals surface area contributed by atoms with Crippen LogP contribution in [0.3, 0.4) is 0 Å². The predicted molar refractivity (Wildman–Crippen MR) is 66.5 cm³/mol. The lowest BCUT2D eigenvalue weighted by Gasteiger charge is -2.01. The van der Waals surface area contributed by atoms with Gasteiger partial charge in [0, 0.05) is 18.9 Å². The number of nitrogens with zero attached hydrogens (tertiary/aromatic N) is 5. The van der Waals surface area contributed by atoms with Crippen molar-refractivity contribution < 1.29 is 4.92 Å².